The lowest BCUT2D eigenvalue weighted by Gasteiger charge is -2.35. The number of nitrogens with one attached hydrogen (secondary N) is 1. The van der Waals surface area contributed by atoms with Gasteiger partial charge in [-0.1, -0.05) is 0 Å². The first-order chi connectivity index (χ1) is 10.3. The SMILES string of the molecule is O=C(c1ccn[nH]1)N1CCOC[C@H]1CCc1cnccn1. The number of aromatic amines is 1. The van der Waals surface area contributed by atoms with Crippen LogP contribution >= 0.6 is 0 Å². The van der Waals surface area contributed by atoms with E-state index in [-0.39, 0.29) is 11.9 Å². The van der Waals surface area contributed by atoms with Crippen LogP contribution in [-0.4, -0.2) is 56.8 Å². The van der Waals surface area contributed by atoms with Gasteiger partial charge in [0, 0.05) is 31.3 Å². The van der Waals surface area contributed by atoms with E-state index in [9.17, 15) is 4.79 Å². The quantitative estimate of drug-likeness (QED) is 0.893. The highest BCUT2D eigenvalue weighted by atomic mass is 16.5. The summed E-state index contributed by atoms with van der Waals surface area (Å²) in [6.07, 6.45) is 8.25. The van der Waals surface area contributed by atoms with Crippen LogP contribution in [0.25, 0.3) is 0 Å². The van der Waals surface area contributed by atoms with E-state index >= 15 is 0 Å². The number of morpholine rings is 1. The number of hydrogen-bond donors (Lipinski definition) is 1. The molecule has 0 aromatic carbocycles. The van der Waals surface area contributed by atoms with Crippen LogP contribution < -0.4 is 0 Å². The molecule has 0 radical (unpaired) electrons. The third kappa shape index (κ3) is 3.25. The molecule has 1 saturated heterocycles. The van der Waals surface area contributed by atoms with Gasteiger partial charge in [0.25, 0.3) is 5.91 Å². The molecular formula is C14H17N5O2. The largest absolute Gasteiger partial charge is 0.377 e. The summed E-state index contributed by atoms with van der Waals surface area (Å²) < 4.78 is 5.51. The fourth-order valence-corrected chi connectivity index (χ4v) is 2.46. The highest BCUT2D eigenvalue weighted by Gasteiger charge is 2.28. The molecule has 21 heavy (non-hydrogen) atoms. The molecule has 1 aliphatic heterocycles. The van der Waals surface area contributed by atoms with Crippen molar-refractivity contribution in [2.24, 2.45) is 0 Å². The van der Waals surface area contributed by atoms with Crippen molar-refractivity contribution in [3.05, 3.63) is 42.2 Å². The van der Waals surface area contributed by atoms with E-state index in [0.29, 0.717) is 25.5 Å². The first-order valence-corrected chi connectivity index (χ1v) is 6.97. The first kappa shape index (κ1) is 13.7. The number of rotatable bonds is 4. The number of hydrogen-bond acceptors (Lipinski definition) is 5. The summed E-state index contributed by atoms with van der Waals surface area (Å²) in [7, 11) is 0. The number of aryl methyl sites for hydroxylation is 1. The lowest BCUT2D eigenvalue weighted by molar-refractivity contribution is -0.00443. The van der Waals surface area contributed by atoms with Crippen molar-refractivity contribution in [2.75, 3.05) is 19.8 Å². The fourth-order valence-electron chi connectivity index (χ4n) is 2.46. The maximum Gasteiger partial charge on any atom is 0.272 e. The van der Waals surface area contributed by atoms with Crippen molar-refractivity contribution in [1.82, 2.24) is 25.1 Å². The van der Waals surface area contributed by atoms with Crippen LogP contribution in [0.4, 0.5) is 0 Å². The molecule has 1 aliphatic rings. The molecule has 7 heteroatoms. The Balaban J connectivity index is 1.65. The molecule has 0 bridgehead atoms. The van der Waals surface area contributed by atoms with E-state index in [0.717, 1.165) is 18.5 Å². The summed E-state index contributed by atoms with van der Waals surface area (Å²) in [4.78, 5) is 22.6. The van der Waals surface area contributed by atoms with Crippen molar-refractivity contribution in [3.8, 4) is 0 Å². The van der Waals surface area contributed by atoms with Crippen molar-refractivity contribution in [2.45, 2.75) is 18.9 Å². The van der Waals surface area contributed by atoms with Gasteiger partial charge < -0.3 is 9.64 Å². The van der Waals surface area contributed by atoms with Crippen LogP contribution in [0.1, 0.15) is 22.6 Å². The minimum absolute atomic E-state index is 0.0278. The second kappa shape index (κ2) is 6.45. The van der Waals surface area contributed by atoms with E-state index < -0.39 is 0 Å². The molecular weight excluding hydrogens is 270 g/mol. The zero-order valence-electron chi connectivity index (χ0n) is 11.6. The molecule has 110 valence electrons. The third-order valence-corrected chi connectivity index (χ3v) is 3.57. The van der Waals surface area contributed by atoms with E-state index in [1.165, 1.54) is 0 Å². The number of nitrogens with zero attached hydrogens (tertiary/aromatic N) is 4. The van der Waals surface area contributed by atoms with Crippen LogP contribution in [-0.2, 0) is 11.2 Å². The molecule has 0 aliphatic carbocycles. The van der Waals surface area contributed by atoms with Crippen LogP contribution in [0, 0.1) is 0 Å². The lowest BCUT2D eigenvalue weighted by Crippen LogP contribution is -2.49. The molecule has 3 rings (SSSR count). The Morgan fingerprint density at radius 3 is 3.14 bits per heavy atom. The fraction of sp³-hybridized carbons (Fsp3) is 0.429. The monoisotopic (exact) mass is 287 g/mol. The molecule has 2 aromatic heterocycles. The number of amides is 1. The zero-order chi connectivity index (χ0) is 14.5. The van der Waals surface area contributed by atoms with E-state index in [1.54, 1.807) is 30.9 Å². The molecule has 3 heterocycles. The maximum atomic E-state index is 12.5. The topological polar surface area (TPSA) is 84.0 Å². The van der Waals surface area contributed by atoms with Gasteiger partial charge in [0.2, 0.25) is 0 Å². The normalized spacial score (nSPS) is 18.7. The number of carbonyl (C=O) groups excluding carboxylic acids is 1. The summed E-state index contributed by atoms with van der Waals surface area (Å²) in [6, 6.07) is 1.74. The number of carbonyl (C=O) groups is 1. The maximum absolute atomic E-state index is 12.5. The molecule has 1 N–H and O–H groups in total. The average molecular weight is 287 g/mol. The molecule has 1 atom stereocenters. The van der Waals surface area contributed by atoms with E-state index in [4.69, 9.17) is 4.74 Å². The highest BCUT2D eigenvalue weighted by Crippen LogP contribution is 2.15. The number of H-pyrrole nitrogens is 1. The van der Waals surface area contributed by atoms with Gasteiger partial charge in [0.1, 0.15) is 5.69 Å². The molecule has 1 amide bonds. The minimum Gasteiger partial charge on any atom is -0.377 e. The molecule has 0 saturated carbocycles. The molecule has 0 spiro atoms. The Bertz CT molecular complexity index is 572. The summed E-state index contributed by atoms with van der Waals surface area (Å²) in [5.74, 6) is -0.0278. The highest BCUT2D eigenvalue weighted by molar-refractivity contribution is 5.92. The standard InChI is InChI=1S/C14H17N5O2/c20-14(13-3-4-17-18-13)19-7-8-21-10-12(19)2-1-11-9-15-5-6-16-11/h3-6,9,12H,1-2,7-8,10H2,(H,17,18)/t12-/m1/s1. The lowest BCUT2D eigenvalue weighted by atomic mass is 10.1. The summed E-state index contributed by atoms with van der Waals surface area (Å²) >= 11 is 0. The van der Waals surface area contributed by atoms with Crippen molar-refractivity contribution in [3.63, 3.8) is 0 Å². The number of aromatic nitrogens is 4. The van der Waals surface area contributed by atoms with Crippen molar-refractivity contribution in [1.29, 1.82) is 0 Å². The van der Waals surface area contributed by atoms with Gasteiger partial charge in [-0.05, 0) is 18.9 Å². The molecule has 2 aromatic rings. The Morgan fingerprint density at radius 1 is 1.43 bits per heavy atom. The van der Waals surface area contributed by atoms with Crippen LogP contribution in [0.15, 0.2) is 30.9 Å². The van der Waals surface area contributed by atoms with Crippen LogP contribution in [0.2, 0.25) is 0 Å². The summed E-state index contributed by atoms with van der Waals surface area (Å²) in [5.41, 5.74) is 1.44. The summed E-state index contributed by atoms with van der Waals surface area (Å²) in [5, 5.41) is 6.56. The van der Waals surface area contributed by atoms with Gasteiger partial charge in [0.05, 0.1) is 24.9 Å². The van der Waals surface area contributed by atoms with Gasteiger partial charge in [-0.15, -0.1) is 0 Å². The van der Waals surface area contributed by atoms with Gasteiger partial charge in [-0.2, -0.15) is 5.10 Å². The first-order valence-electron chi connectivity index (χ1n) is 6.97. The van der Waals surface area contributed by atoms with Crippen molar-refractivity contribution < 1.29 is 9.53 Å². The molecule has 7 nitrogen and oxygen atoms in total. The summed E-state index contributed by atoms with van der Waals surface area (Å²) in [6.45, 7) is 1.73. The average Bonchev–Trinajstić information content (AvgIpc) is 3.08. The van der Waals surface area contributed by atoms with Gasteiger partial charge in [0.15, 0.2) is 0 Å². The van der Waals surface area contributed by atoms with Crippen molar-refractivity contribution >= 4 is 5.91 Å². The molecule has 1 fully saturated rings. The van der Waals surface area contributed by atoms with E-state index in [2.05, 4.69) is 20.2 Å². The predicted molar refractivity (Wildman–Crippen MR) is 74.6 cm³/mol. The predicted octanol–water partition coefficient (Wildman–Crippen LogP) is 0.673. The Hall–Kier alpha value is -2.28. The molecule has 0 unspecified atom stereocenters. The Kier molecular flexibility index (Phi) is 4.20. The van der Waals surface area contributed by atoms with Crippen LogP contribution in [0.3, 0.4) is 0 Å². The van der Waals surface area contributed by atoms with Gasteiger partial charge >= 0.3 is 0 Å². The van der Waals surface area contributed by atoms with Crippen LogP contribution in [0.5, 0.6) is 0 Å². The van der Waals surface area contributed by atoms with Gasteiger partial charge in [-0.25, -0.2) is 0 Å². The smallest absolute Gasteiger partial charge is 0.272 e. The Labute approximate surface area is 122 Å². The van der Waals surface area contributed by atoms with Gasteiger partial charge in [-0.3, -0.25) is 19.9 Å². The Morgan fingerprint density at radius 2 is 2.38 bits per heavy atom. The minimum atomic E-state index is -0.0278. The third-order valence-electron chi connectivity index (χ3n) is 3.57. The van der Waals surface area contributed by atoms with E-state index in [1.807, 2.05) is 4.90 Å². The second-order valence-corrected chi connectivity index (χ2v) is 4.93. The number of ether oxygens (including phenoxy) is 1. The zero-order valence-corrected chi connectivity index (χ0v) is 11.6. The second-order valence-electron chi connectivity index (χ2n) is 4.93.